The highest BCUT2D eigenvalue weighted by Gasteiger charge is 2.41. The van der Waals surface area contributed by atoms with Gasteiger partial charge in [0.05, 0.1) is 7.11 Å². The number of nitrogens with zero attached hydrogens (tertiary/aromatic N) is 1. The minimum Gasteiger partial charge on any atom is -0.467 e. The number of likely N-dealkylation sites (tertiary alicyclic amines) is 1. The number of methoxy groups -OCH3 is 1. The van der Waals surface area contributed by atoms with Gasteiger partial charge >= 0.3 is 12.1 Å². The number of halogens is 1. The summed E-state index contributed by atoms with van der Waals surface area (Å²) < 4.78 is 9.94. The standard InChI is InChI=1S/C11H18BrNO4/c1-11(2,3)17-10(15)13-6-7(12)5-8(13)9(14)16-4/h7-8H,5-6H2,1-4H3/t7-,8-/m1/s1. The Labute approximate surface area is 110 Å². The van der Waals surface area contributed by atoms with Crippen LogP contribution in [0.5, 0.6) is 0 Å². The van der Waals surface area contributed by atoms with Crippen molar-refractivity contribution in [3.63, 3.8) is 0 Å². The van der Waals surface area contributed by atoms with E-state index in [-0.39, 0.29) is 4.83 Å². The van der Waals surface area contributed by atoms with E-state index < -0.39 is 23.7 Å². The second-order valence-electron chi connectivity index (χ2n) is 5.00. The molecule has 0 aromatic heterocycles. The first-order valence-corrected chi connectivity index (χ1v) is 6.37. The zero-order valence-electron chi connectivity index (χ0n) is 10.5. The molecule has 0 unspecified atom stereocenters. The molecule has 0 spiro atoms. The molecule has 0 bridgehead atoms. The smallest absolute Gasteiger partial charge is 0.411 e. The van der Waals surface area contributed by atoms with E-state index in [1.807, 2.05) is 0 Å². The van der Waals surface area contributed by atoms with Crippen LogP contribution in [0.1, 0.15) is 27.2 Å². The molecule has 1 rings (SSSR count). The molecule has 0 aliphatic carbocycles. The number of alkyl halides is 1. The van der Waals surface area contributed by atoms with Gasteiger partial charge in [0.2, 0.25) is 0 Å². The van der Waals surface area contributed by atoms with Crippen molar-refractivity contribution >= 4 is 28.0 Å². The van der Waals surface area contributed by atoms with E-state index in [0.29, 0.717) is 13.0 Å². The molecule has 0 aromatic carbocycles. The molecule has 0 N–H and O–H groups in total. The molecule has 5 nitrogen and oxygen atoms in total. The van der Waals surface area contributed by atoms with Crippen molar-refractivity contribution in [3.8, 4) is 0 Å². The van der Waals surface area contributed by atoms with Gasteiger partial charge in [-0.05, 0) is 27.2 Å². The number of hydrogen-bond acceptors (Lipinski definition) is 4. The van der Waals surface area contributed by atoms with Gasteiger partial charge in [-0.1, -0.05) is 15.9 Å². The fourth-order valence-corrected chi connectivity index (χ4v) is 2.33. The molecule has 1 aliphatic rings. The minimum absolute atomic E-state index is 0.0964. The molecule has 98 valence electrons. The van der Waals surface area contributed by atoms with Crippen LogP contribution in [-0.2, 0) is 14.3 Å². The lowest BCUT2D eigenvalue weighted by atomic mass is 10.2. The van der Waals surface area contributed by atoms with Crippen molar-refractivity contribution in [2.75, 3.05) is 13.7 Å². The van der Waals surface area contributed by atoms with Gasteiger partial charge in [-0.2, -0.15) is 0 Å². The molecule has 6 heteroatoms. The van der Waals surface area contributed by atoms with Crippen molar-refractivity contribution < 1.29 is 19.1 Å². The van der Waals surface area contributed by atoms with E-state index in [0.717, 1.165) is 0 Å². The normalized spacial score (nSPS) is 24.6. The maximum Gasteiger partial charge on any atom is 0.411 e. The summed E-state index contributed by atoms with van der Waals surface area (Å²) in [5.41, 5.74) is -0.567. The zero-order valence-corrected chi connectivity index (χ0v) is 12.1. The van der Waals surface area contributed by atoms with Crippen molar-refractivity contribution in [1.29, 1.82) is 0 Å². The molecular weight excluding hydrogens is 290 g/mol. The van der Waals surface area contributed by atoms with Gasteiger partial charge in [-0.15, -0.1) is 0 Å². The predicted molar refractivity (Wildman–Crippen MR) is 66.1 cm³/mol. The van der Waals surface area contributed by atoms with Gasteiger partial charge in [0.15, 0.2) is 0 Å². The number of carbonyl (C=O) groups excluding carboxylic acids is 2. The molecule has 0 saturated carbocycles. The first-order chi connectivity index (χ1) is 7.74. The van der Waals surface area contributed by atoms with Gasteiger partial charge < -0.3 is 9.47 Å². The Balaban J connectivity index is 2.73. The van der Waals surface area contributed by atoms with Crippen LogP contribution >= 0.6 is 15.9 Å². The molecule has 1 amide bonds. The fourth-order valence-electron chi connectivity index (χ4n) is 1.67. The minimum atomic E-state index is -0.567. The fraction of sp³-hybridized carbons (Fsp3) is 0.818. The van der Waals surface area contributed by atoms with E-state index in [1.165, 1.54) is 12.0 Å². The Morgan fingerprint density at radius 1 is 1.35 bits per heavy atom. The van der Waals surface area contributed by atoms with Crippen LogP contribution in [0.4, 0.5) is 4.79 Å². The summed E-state index contributed by atoms with van der Waals surface area (Å²) in [4.78, 5) is 25.0. The van der Waals surface area contributed by atoms with Crippen LogP contribution in [-0.4, -0.2) is 47.1 Å². The molecule has 1 heterocycles. The number of esters is 1. The van der Waals surface area contributed by atoms with E-state index in [9.17, 15) is 9.59 Å². The maximum atomic E-state index is 11.9. The SMILES string of the molecule is COC(=O)[C@H]1C[C@@H](Br)CN1C(=O)OC(C)(C)C. The Kier molecular flexibility index (Phi) is 4.41. The lowest BCUT2D eigenvalue weighted by molar-refractivity contribution is -0.145. The average molecular weight is 308 g/mol. The first-order valence-electron chi connectivity index (χ1n) is 5.46. The van der Waals surface area contributed by atoms with Crippen molar-refractivity contribution in [2.24, 2.45) is 0 Å². The summed E-state index contributed by atoms with van der Waals surface area (Å²) in [5.74, 6) is -0.405. The van der Waals surface area contributed by atoms with Gasteiger partial charge in [-0.3, -0.25) is 4.90 Å². The van der Waals surface area contributed by atoms with Gasteiger partial charge in [0.1, 0.15) is 11.6 Å². The van der Waals surface area contributed by atoms with Gasteiger partial charge in [-0.25, -0.2) is 9.59 Å². The monoisotopic (exact) mass is 307 g/mol. The third-order valence-electron chi connectivity index (χ3n) is 2.35. The quantitative estimate of drug-likeness (QED) is 0.549. The summed E-state index contributed by atoms with van der Waals surface area (Å²) in [6.07, 6.45) is 0.0705. The second kappa shape index (κ2) is 5.25. The van der Waals surface area contributed by atoms with E-state index in [2.05, 4.69) is 20.7 Å². The van der Waals surface area contributed by atoms with Crippen LogP contribution in [0.25, 0.3) is 0 Å². The van der Waals surface area contributed by atoms with Crippen molar-refractivity contribution in [2.45, 2.75) is 43.7 Å². The lowest BCUT2D eigenvalue weighted by Crippen LogP contribution is -2.43. The maximum absolute atomic E-state index is 11.9. The highest BCUT2D eigenvalue weighted by Crippen LogP contribution is 2.26. The Morgan fingerprint density at radius 2 is 1.94 bits per heavy atom. The van der Waals surface area contributed by atoms with Gasteiger partial charge in [0, 0.05) is 11.4 Å². The number of hydrogen-bond donors (Lipinski definition) is 0. The Bertz CT molecular complexity index is 313. The highest BCUT2D eigenvalue weighted by molar-refractivity contribution is 9.09. The van der Waals surface area contributed by atoms with E-state index in [4.69, 9.17) is 4.74 Å². The third kappa shape index (κ3) is 3.87. The topological polar surface area (TPSA) is 55.8 Å². The zero-order chi connectivity index (χ0) is 13.2. The third-order valence-corrected chi connectivity index (χ3v) is 3.01. The molecule has 1 aliphatic heterocycles. The summed E-state index contributed by atoms with van der Waals surface area (Å²) >= 11 is 3.41. The highest BCUT2D eigenvalue weighted by atomic mass is 79.9. The summed E-state index contributed by atoms with van der Waals surface area (Å²) in [6.45, 7) is 5.83. The first kappa shape index (κ1) is 14.3. The van der Waals surface area contributed by atoms with Crippen LogP contribution in [0.3, 0.4) is 0 Å². The summed E-state index contributed by atoms with van der Waals surface area (Å²) in [6, 6.07) is -0.556. The predicted octanol–water partition coefficient (Wildman–Crippen LogP) is 1.93. The molecule has 0 radical (unpaired) electrons. The number of carbonyl (C=O) groups is 2. The molecule has 2 atom stereocenters. The Hall–Kier alpha value is -0.780. The van der Waals surface area contributed by atoms with Crippen LogP contribution in [0.15, 0.2) is 0 Å². The summed E-state index contributed by atoms with van der Waals surface area (Å²) in [5, 5.41) is 0. The molecular formula is C11H18BrNO4. The van der Waals surface area contributed by atoms with Gasteiger partial charge in [0.25, 0.3) is 0 Å². The van der Waals surface area contributed by atoms with E-state index in [1.54, 1.807) is 20.8 Å². The van der Waals surface area contributed by atoms with Crippen LogP contribution in [0, 0.1) is 0 Å². The lowest BCUT2D eigenvalue weighted by Gasteiger charge is -2.27. The average Bonchev–Trinajstić information content (AvgIpc) is 2.56. The summed E-state index contributed by atoms with van der Waals surface area (Å²) in [7, 11) is 1.32. The van der Waals surface area contributed by atoms with Crippen LogP contribution in [0.2, 0.25) is 0 Å². The number of rotatable bonds is 1. The molecule has 1 fully saturated rings. The molecule has 17 heavy (non-hydrogen) atoms. The Morgan fingerprint density at radius 3 is 2.41 bits per heavy atom. The molecule has 1 saturated heterocycles. The molecule has 0 aromatic rings. The van der Waals surface area contributed by atoms with E-state index >= 15 is 0 Å². The van der Waals surface area contributed by atoms with Crippen molar-refractivity contribution in [1.82, 2.24) is 4.90 Å². The largest absolute Gasteiger partial charge is 0.467 e. The second-order valence-corrected chi connectivity index (χ2v) is 6.30. The van der Waals surface area contributed by atoms with Crippen LogP contribution < -0.4 is 0 Å². The number of ether oxygens (including phenoxy) is 2. The van der Waals surface area contributed by atoms with Crippen molar-refractivity contribution in [3.05, 3.63) is 0 Å². The number of amides is 1.